The molecular weight excluding hydrogens is 339 g/mol. The van der Waals surface area contributed by atoms with Crippen LogP contribution < -0.4 is 5.32 Å². The molecule has 1 unspecified atom stereocenters. The molecule has 1 aromatic rings. The second-order valence-electron chi connectivity index (χ2n) is 7.55. The van der Waals surface area contributed by atoms with Gasteiger partial charge in [-0.3, -0.25) is 4.90 Å². The highest BCUT2D eigenvalue weighted by atomic mass is 19.1. The van der Waals surface area contributed by atoms with Gasteiger partial charge in [-0.15, -0.1) is 0 Å². The third-order valence-electron chi connectivity index (χ3n) is 4.68. The van der Waals surface area contributed by atoms with Crippen molar-refractivity contribution >= 4 is 11.4 Å². The summed E-state index contributed by atoms with van der Waals surface area (Å²) in [5.74, 6) is 0.842. The molecule has 1 saturated heterocycles. The van der Waals surface area contributed by atoms with E-state index in [1.807, 2.05) is 33.4 Å². The number of alkyl halides is 1. The van der Waals surface area contributed by atoms with Crippen molar-refractivity contribution in [3.8, 4) is 0 Å². The van der Waals surface area contributed by atoms with E-state index < -0.39 is 6.17 Å². The molecule has 27 heavy (non-hydrogen) atoms. The smallest absolute Gasteiger partial charge is 0.125 e. The summed E-state index contributed by atoms with van der Waals surface area (Å²) in [6.45, 7) is 9.52. The number of allylic oxidation sites excluding steroid dienone is 3. The molecule has 2 heterocycles. The summed E-state index contributed by atoms with van der Waals surface area (Å²) in [5.41, 5.74) is 4.29. The molecule has 0 saturated carbocycles. The number of hydrogen-bond donors (Lipinski definition) is 1. The van der Waals surface area contributed by atoms with Crippen molar-refractivity contribution in [2.45, 2.75) is 25.9 Å². The van der Waals surface area contributed by atoms with Crippen molar-refractivity contribution in [3.05, 3.63) is 53.8 Å². The summed E-state index contributed by atoms with van der Waals surface area (Å²) in [6.07, 6.45) is 7.11. The minimum absolute atomic E-state index is 0.538. The molecule has 1 fully saturated rings. The van der Waals surface area contributed by atoms with E-state index in [0.717, 1.165) is 48.6 Å². The highest BCUT2D eigenvalue weighted by Crippen LogP contribution is 2.25. The molecule has 5 heteroatoms. The molecule has 0 aliphatic carbocycles. The molecule has 0 spiro atoms. The van der Waals surface area contributed by atoms with Crippen molar-refractivity contribution < 1.29 is 4.39 Å². The van der Waals surface area contributed by atoms with Gasteiger partial charge in [0, 0.05) is 38.4 Å². The zero-order chi connectivity index (χ0) is 19.8. The van der Waals surface area contributed by atoms with Crippen LogP contribution in [0, 0.1) is 0 Å². The Morgan fingerprint density at radius 2 is 2.22 bits per heavy atom. The van der Waals surface area contributed by atoms with Crippen LogP contribution in [0.25, 0.3) is 5.57 Å². The standard InChI is InChI=1S/C22H33FN4/c1-17(15-27-11-6-7-20(23)16-27)13-18(2)21(10-12-26(4)5)19-8-9-22(24-3)25-14-19/h8-10,13-14,20H,2,6-7,11-12,15-16H2,1,3-5H3,(H,24,25)/b17-13+,21-10+. The first-order valence-corrected chi connectivity index (χ1v) is 9.61. The molecule has 1 N–H and O–H groups in total. The van der Waals surface area contributed by atoms with E-state index >= 15 is 0 Å². The molecule has 0 amide bonds. The average molecular weight is 373 g/mol. The van der Waals surface area contributed by atoms with E-state index in [4.69, 9.17) is 0 Å². The number of pyridine rings is 1. The van der Waals surface area contributed by atoms with E-state index in [-0.39, 0.29) is 0 Å². The van der Waals surface area contributed by atoms with Gasteiger partial charge in [0.2, 0.25) is 0 Å². The lowest BCUT2D eigenvalue weighted by Gasteiger charge is -2.29. The summed E-state index contributed by atoms with van der Waals surface area (Å²) in [7, 11) is 5.95. The normalized spacial score (nSPS) is 19.4. The van der Waals surface area contributed by atoms with Gasteiger partial charge in [-0.2, -0.15) is 0 Å². The van der Waals surface area contributed by atoms with E-state index in [1.54, 1.807) is 0 Å². The van der Waals surface area contributed by atoms with Gasteiger partial charge in [0.1, 0.15) is 12.0 Å². The van der Waals surface area contributed by atoms with Crippen LogP contribution in [0.4, 0.5) is 10.2 Å². The largest absolute Gasteiger partial charge is 0.373 e. The number of hydrogen-bond acceptors (Lipinski definition) is 4. The lowest BCUT2D eigenvalue weighted by atomic mass is 9.97. The molecular formula is C22H33FN4. The highest BCUT2D eigenvalue weighted by Gasteiger charge is 2.19. The maximum absolute atomic E-state index is 13.6. The first-order valence-electron chi connectivity index (χ1n) is 9.61. The summed E-state index contributed by atoms with van der Waals surface area (Å²) < 4.78 is 13.6. The number of halogens is 1. The van der Waals surface area contributed by atoms with Gasteiger partial charge in [-0.25, -0.2) is 9.37 Å². The fourth-order valence-corrected chi connectivity index (χ4v) is 3.33. The Bertz CT molecular complexity index is 676. The number of rotatable bonds is 8. The maximum Gasteiger partial charge on any atom is 0.125 e. The molecule has 0 aromatic carbocycles. The number of nitrogens with one attached hydrogen (secondary N) is 1. The van der Waals surface area contributed by atoms with Gasteiger partial charge >= 0.3 is 0 Å². The number of nitrogens with zero attached hydrogens (tertiary/aromatic N) is 3. The van der Waals surface area contributed by atoms with Gasteiger partial charge in [0.25, 0.3) is 0 Å². The Morgan fingerprint density at radius 1 is 1.44 bits per heavy atom. The Labute approximate surface area is 163 Å². The molecule has 148 valence electrons. The van der Waals surface area contributed by atoms with Crippen LogP contribution in [0.1, 0.15) is 25.3 Å². The van der Waals surface area contributed by atoms with Crippen molar-refractivity contribution in [3.63, 3.8) is 0 Å². The fraction of sp³-hybridized carbons (Fsp3) is 0.500. The van der Waals surface area contributed by atoms with Crippen LogP contribution >= 0.6 is 0 Å². The van der Waals surface area contributed by atoms with Crippen LogP contribution in [0.15, 0.2) is 48.2 Å². The number of likely N-dealkylation sites (tertiary alicyclic amines) is 1. The lowest BCUT2D eigenvalue weighted by Crippen LogP contribution is -2.37. The Hall–Kier alpha value is -1.98. The third kappa shape index (κ3) is 6.92. The van der Waals surface area contributed by atoms with Gasteiger partial charge in [0.05, 0.1) is 0 Å². The Balaban J connectivity index is 2.15. The number of piperidine rings is 1. The van der Waals surface area contributed by atoms with Gasteiger partial charge in [-0.05, 0) is 63.7 Å². The second-order valence-corrected chi connectivity index (χ2v) is 7.55. The van der Waals surface area contributed by atoms with Crippen molar-refractivity contribution in [2.75, 3.05) is 52.6 Å². The van der Waals surface area contributed by atoms with Crippen LogP contribution in [0.3, 0.4) is 0 Å². The number of aromatic nitrogens is 1. The predicted octanol–water partition coefficient (Wildman–Crippen LogP) is 4.00. The molecule has 2 rings (SSSR count). The second kappa shape index (κ2) is 10.4. The predicted molar refractivity (Wildman–Crippen MR) is 114 cm³/mol. The first-order chi connectivity index (χ1) is 12.9. The van der Waals surface area contributed by atoms with Gasteiger partial charge in [0.15, 0.2) is 0 Å². The highest BCUT2D eigenvalue weighted by molar-refractivity contribution is 5.81. The summed E-state index contributed by atoms with van der Waals surface area (Å²) in [4.78, 5) is 8.75. The fourth-order valence-electron chi connectivity index (χ4n) is 3.33. The quantitative estimate of drug-likeness (QED) is 0.699. The van der Waals surface area contributed by atoms with Crippen molar-refractivity contribution in [2.24, 2.45) is 0 Å². The summed E-state index contributed by atoms with van der Waals surface area (Å²) >= 11 is 0. The van der Waals surface area contributed by atoms with Gasteiger partial charge in [-0.1, -0.05) is 24.3 Å². The van der Waals surface area contributed by atoms with E-state index in [0.29, 0.717) is 13.0 Å². The van der Waals surface area contributed by atoms with E-state index in [2.05, 4.69) is 51.8 Å². The Kier molecular flexibility index (Phi) is 8.20. The SMILES string of the molecule is C=C(/C=C(\C)CN1CCCC(F)C1)/C(=C\CN(C)C)c1ccc(NC)nc1. The molecule has 4 nitrogen and oxygen atoms in total. The number of likely N-dealkylation sites (N-methyl/N-ethyl adjacent to an activating group) is 1. The molecule has 1 aliphatic rings. The van der Waals surface area contributed by atoms with Crippen LogP contribution in [0.5, 0.6) is 0 Å². The topological polar surface area (TPSA) is 31.4 Å². The minimum Gasteiger partial charge on any atom is -0.373 e. The molecule has 0 bridgehead atoms. The number of anilines is 1. The summed E-state index contributed by atoms with van der Waals surface area (Å²) in [5, 5.41) is 3.04. The van der Waals surface area contributed by atoms with Crippen LogP contribution in [0.2, 0.25) is 0 Å². The Morgan fingerprint density at radius 3 is 2.81 bits per heavy atom. The van der Waals surface area contributed by atoms with E-state index in [9.17, 15) is 4.39 Å². The van der Waals surface area contributed by atoms with E-state index in [1.165, 1.54) is 5.57 Å². The molecule has 1 aliphatic heterocycles. The monoisotopic (exact) mass is 372 g/mol. The third-order valence-corrected chi connectivity index (χ3v) is 4.68. The zero-order valence-electron chi connectivity index (χ0n) is 17.1. The molecule has 1 atom stereocenters. The lowest BCUT2D eigenvalue weighted by molar-refractivity contribution is 0.148. The van der Waals surface area contributed by atoms with Crippen LogP contribution in [-0.2, 0) is 0 Å². The zero-order valence-corrected chi connectivity index (χ0v) is 17.1. The first kappa shape index (κ1) is 21.3. The molecule has 1 aromatic heterocycles. The maximum atomic E-state index is 13.6. The van der Waals surface area contributed by atoms with Crippen LogP contribution in [-0.4, -0.2) is 68.3 Å². The van der Waals surface area contributed by atoms with Crippen molar-refractivity contribution in [1.29, 1.82) is 0 Å². The van der Waals surface area contributed by atoms with Crippen molar-refractivity contribution in [1.82, 2.24) is 14.8 Å². The minimum atomic E-state index is -0.693. The van der Waals surface area contributed by atoms with Gasteiger partial charge < -0.3 is 10.2 Å². The summed E-state index contributed by atoms with van der Waals surface area (Å²) in [6, 6.07) is 4.03. The average Bonchev–Trinajstić information content (AvgIpc) is 2.62. The molecule has 0 radical (unpaired) electrons.